The summed E-state index contributed by atoms with van der Waals surface area (Å²) in [5.74, 6) is 0. The van der Waals surface area contributed by atoms with Crippen molar-refractivity contribution in [1.29, 1.82) is 0 Å². The highest BCUT2D eigenvalue weighted by atomic mass is 19.4. The summed E-state index contributed by atoms with van der Waals surface area (Å²) in [5, 5.41) is 0. The minimum absolute atomic E-state index is 0.0820. The Balaban J connectivity index is 3.23. The lowest BCUT2D eigenvalue weighted by atomic mass is 10.1. The molecule has 86 valence electrons. The second-order valence-electron chi connectivity index (χ2n) is 3.14. The van der Waals surface area contributed by atoms with Crippen LogP contribution in [0.2, 0.25) is 0 Å². The van der Waals surface area contributed by atoms with Crippen molar-refractivity contribution >= 4 is 0 Å². The lowest BCUT2D eigenvalue weighted by Crippen LogP contribution is -2.07. The van der Waals surface area contributed by atoms with E-state index in [1.165, 1.54) is 0 Å². The Kier molecular flexibility index (Phi) is 5.29. The predicted octanol–water partition coefficient (Wildman–Crippen LogP) is 4.45. The largest absolute Gasteiger partial charge is 0.389 e. The first-order chi connectivity index (χ1) is 6.21. The molecule has 0 rings (SSSR count). The van der Waals surface area contributed by atoms with Gasteiger partial charge in [0.2, 0.25) is 0 Å². The Morgan fingerprint density at radius 1 is 0.500 bits per heavy atom. The average molecular weight is 222 g/mol. The van der Waals surface area contributed by atoms with Crippen molar-refractivity contribution in [3.63, 3.8) is 0 Å². The zero-order valence-corrected chi connectivity index (χ0v) is 7.51. The Morgan fingerprint density at radius 2 is 0.786 bits per heavy atom. The maximum Gasteiger partial charge on any atom is 0.389 e. The fourth-order valence-electron chi connectivity index (χ4n) is 1.00. The van der Waals surface area contributed by atoms with E-state index in [1.807, 2.05) is 0 Å². The summed E-state index contributed by atoms with van der Waals surface area (Å²) in [6.45, 7) is 0. The van der Waals surface area contributed by atoms with Crippen LogP contribution in [0.15, 0.2) is 0 Å². The van der Waals surface area contributed by atoms with E-state index in [-0.39, 0.29) is 25.7 Å². The van der Waals surface area contributed by atoms with E-state index in [2.05, 4.69) is 0 Å². The molecule has 0 amide bonds. The zero-order chi connectivity index (χ0) is 11.2. The quantitative estimate of drug-likeness (QED) is 0.476. The molecule has 0 spiro atoms. The molecule has 0 N–H and O–H groups in total. The number of halogens is 6. The number of hydrogen-bond acceptors (Lipinski definition) is 0. The van der Waals surface area contributed by atoms with Crippen molar-refractivity contribution in [2.45, 2.75) is 50.9 Å². The van der Waals surface area contributed by atoms with Crippen LogP contribution < -0.4 is 0 Å². The molecule has 0 saturated heterocycles. The van der Waals surface area contributed by atoms with Gasteiger partial charge in [-0.2, -0.15) is 26.3 Å². The maximum absolute atomic E-state index is 11.6. The van der Waals surface area contributed by atoms with E-state index in [1.54, 1.807) is 0 Å². The Bertz CT molecular complexity index is 127. The molecule has 0 aromatic rings. The second kappa shape index (κ2) is 5.46. The van der Waals surface area contributed by atoms with Gasteiger partial charge in [0, 0.05) is 12.8 Å². The van der Waals surface area contributed by atoms with E-state index in [4.69, 9.17) is 0 Å². The lowest BCUT2D eigenvalue weighted by Gasteiger charge is -2.07. The lowest BCUT2D eigenvalue weighted by molar-refractivity contribution is -0.138. The van der Waals surface area contributed by atoms with Crippen LogP contribution in [0.5, 0.6) is 0 Å². The van der Waals surface area contributed by atoms with Crippen molar-refractivity contribution in [2.75, 3.05) is 0 Å². The van der Waals surface area contributed by atoms with Gasteiger partial charge in [0.15, 0.2) is 0 Å². The molecule has 0 aliphatic carbocycles. The van der Waals surface area contributed by atoms with Gasteiger partial charge in [-0.1, -0.05) is 12.8 Å². The third-order valence-corrected chi connectivity index (χ3v) is 1.67. The third-order valence-electron chi connectivity index (χ3n) is 1.67. The molecule has 0 fully saturated rings. The van der Waals surface area contributed by atoms with Gasteiger partial charge in [-0.3, -0.25) is 0 Å². The number of rotatable bonds is 5. The molecule has 6 heteroatoms. The summed E-state index contributed by atoms with van der Waals surface area (Å²) in [5.41, 5.74) is 0. The van der Waals surface area contributed by atoms with E-state index in [0.717, 1.165) is 0 Å². The highest BCUT2D eigenvalue weighted by Crippen LogP contribution is 2.25. The third kappa shape index (κ3) is 11.6. The molecule has 14 heavy (non-hydrogen) atoms. The fraction of sp³-hybridized carbons (Fsp3) is 1.00. The Morgan fingerprint density at radius 3 is 1.00 bits per heavy atom. The van der Waals surface area contributed by atoms with Gasteiger partial charge >= 0.3 is 12.4 Å². The molecule has 0 saturated carbocycles. The SMILES string of the molecule is FC(F)(F)CCCCCCC(F)(F)F. The average Bonchev–Trinajstić information content (AvgIpc) is 1.92. The molecular formula is C8H12F6. The molecule has 0 unspecified atom stereocenters. The second-order valence-corrected chi connectivity index (χ2v) is 3.14. The Labute approximate surface area is 78.3 Å². The van der Waals surface area contributed by atoms with Crippen molar-refractivity contribution in [1.82, 2.24) is 0 Å². The van der Waals surface area contributed by atoms with Crippen LogP contribution in [0.25, 0.3) is 0 Å². The molecule has 0 heterocycles. The van der Waals surface area contributed by atoms with Gasteiger partial charge < -0.3 is 0 Å². The molecular weight excluding hydrogens is 210 g/mol. The van der Waals surface area contributed by atoms with Gasteiger partial charge in [-0.15, -0.1) is 0 Å². The summed E-state index contributed by atoms with van der Waals surface area (Å²) in [6.07, 6.45) is -9.94. The fourth-order valence-corrected chi connectivity index (χ4v) is 1.00. The van der Waals surface area contributed by atoms with Crippen molar-refractivity contribution in [2.24, 2.45) is 0 Å². The summed E-state index contributed by atoms with van der Waals surface area (Å²) < 4.78 is 69.4. The van der Waals surface area contributed by atoms with Crippen LogP contribution in [-0.4, -0.2) is 12.4 Å². The van der Waals surface area contributed by atoms with E-state index >= 15 is 0 Å². The Hall–Kier alpha value is -0.420. The van der Waals surface area contributed by atoms with Gasteiger partial charge in [0.25, 0.3) is 0 Å². The van der Waals surface area contributed by atoms with Crippen LogP contribution in [0.3, 0.4) is 0 Å². The van der Waals surface area contributed by atoms with E-state index < -0.39 is 25.2 Å². The summed E-state index contributed by atoms with van der Waals surface area (Å²) >= 11 is 0. The zero-order valence-electron chi connectivity index (χ0n) is 7.51. The minimum atomic E-state index is -4.19. The van der Waals surface area contributed by atoms with Gasteiger partial charge in [0.1, 0.15) is 0 Å². The van der Waals surface area contributed by atoms with Crippen LogP contribution in [0.1, 0.15) is 38.5 Å². The molecule has 0 aliphatic heterocycles. The molecule has 0 aromatic heterocycles. The monoisotopic (exact) mass is 222 g/mol. The first-order valence-electron chi connectivity index (χ1n) is 4.34. The van der Waals surface area contributed by atoms with Gasteiger partial charge in [-0.25, -0.2) is 0 Å². The highest BCUT2D eigenvalue weighted by Gasteiger charge is 2.27. The number of hydrogen-bond donors (Lipinski definition) is 0. The maximum atomic E-state index is 11.6. The molecule has 0 nitrogen and oxygen atoms in total. The number of unbranched alkanes of at least 4 members (excludes halogenated alkanes) is 3. The highest BCUT2D eigenvalue weighted by molar-refractivity contribution is 4.54. The predicted molar refractivity (Wildman–Crippen MR) is 39.8 cm³/mol. The minimum Gasteiger partial charge on any atom is -0.171 e. The normalized spacial score (nSPS) is 13.3. The summed E-state index contributed by atoms with van der Waals surface area (Å²) in [7, 11) is 0. The van der Waals surface area contributed by atoms with E-state index in [0.29, 0.717) is 0 Å². The van der Waals surface area contributed by atoms with Gasteiger partial charge in [-0.05, 0) is 12.8 Å². The first kappa shape index (κ1) is 13.6. The topological polar surface area (TPSA) is 0 Å². The van der Waals surface area contributed by atoms with Gasteiger partial charge in [0.05, 0.1) is 0 Å². The smallest absolute Gasteiger partial charge is 0.171 e. The van der Waals surface area contributed by atoms with Crippen LogP contribution >= 0.6 is 0 Å². The molecule has 0 atom stereocenters. The summed E-state index contributed by atoms with van der Waals surface area (Å²) in [6, 6.07) is 0. The van der Waals surface area contributed by atoms with E-state index in [9.17, 15) is 26.3 Å². The standard InChI is InChI=1S/C8H12F6/c9-7(10,11)5-3-1-2-4-6-8(12,13)14/h1-6H2. The molecule has 0 aromatic carbocycles. The first-order valence-corrected chi connectivity index (χ1v) is 4.34. The molecule has 0 bridgehead atoms. The van der Waals surface area contributed by atoms with Crippen molar-refractivity contribution in [3.05, 3.63) is 0 Å². The van der Waals surface area contributed by atoms with Crippen molar-refractivity contribution in [3.8, 4) is 0 Å². The van der Waals surface area contributed by atoms with Crippen LogP contribution in [0.4, 0.5) is 26.3 Å². The van der Waals surface area contributed by atoms with Crippen molar-refractivity contribution < 1.29 is 26.3 Å². The summed E-state index contributed by atoms with van der Waals surface area (Å²) in [4.78, 5) is 0. The van der Waals surface area contributed by atoms with Crippen LogP contribution in [0, 0.1) is 0 Å². The van der Waals surface area contributed by atoms with Crippen LogP contribution in [-0.2, 0) is 0 Å². The molecule has 0 radical (unpaired) electrons. The molecule has 0 aliphatic rings. The number of alkyl halides is 6.